The summed E-state index contributed by atoms with van der Waals surface area (Å²) < 4.78 is 84.5. The van der Waals surface area contributed by atoms with Gasteiger partial charge in [0.05, 0.1) is 0 Å². The van der Waals surface area contributed by atoms with Gasteiger partial charge < -0.3 is 0 Å². The second-order valence-corrected chi connectivity index (χ2v) is 2.19. The van der Waals surface area contributed by atoms with Crippen LogP contribution >= 0.6 is 0 Å². The lowest BCUT2D eigenvalue weighted by Gasteiger charge is -2.25. The van der Waals surface area contributed by atoms with Crippen LogP contribution in [0.25, 0.3) is 0 Å². The van der Waals surface area contributed by atoms with Crippen LogP contribution in [0.15, 0.2) is 12.2 Å². The average molecular weight is 226 g/mol. The van der Waals surface area contributed by atoms with Gasteiger partial charge in [-0.3, -0.25) is 0 Å². The zero-order valence-corrected chi connectivity index (χ0v) is 6.71. The minimum Gasteiger partial charge on any atom is -0.242 e. The van der Waals surface area contributed by atoms with Gasteiger partial charge >= 0.3 is 18.4 Å². The highest BCUT2D eigenvalue weighted by molar-refractivity contribution is 4.99. The van der Waals surface area contributed by atoms with Crippen LogP contribution in [0.3, 0.4) is 0 Å². The molecule has 0 amide bonds. The van der Waals surface area contributed by atoms with E-state index in [-0.39, 0.29) is 6.08 Å². The third-order valence-electron chi connectivity index (χ3n) is 1.03. The van der Waals surface area contributed by atoms with Gasteiger partial charge in [-0.1, -0.05) is 6.08 Å². The fourth-order valence-corrected chi connectivity index (χ4v) is 0.569. The molecule has 0 N–H and O–H groups in total. The molecule has 1 atom stereocenters. The van der Waals surface area contributed by atoms with Crippen molar-refractivity contribution in [3.05, 3.63) is 12.2 Å². The van der Waals surface area contributed by atoms with Gasteiger partial charge in [0.15, 0.2) is 0 Å². The highest BCUT2D eigenvalue weighted by Gasteiger charge is 2.60. The van der Waals surface area contributed by atoms with Crippen molar-refractivity contribution >= 4 is 0 Å². The van der Waals surface area contributed by atoms with E-state index in [0.29, 0.717) is 6.08 Å². The molecule has 0 rings (SSSR count). The third-order valence-corrected chi connectivity index (χ3v) is 1.03. The predicted octanol–water partition coefficient (Wildman–Crippen LogP) is 3.33. The molecule has 1 nitrogen and oxygen atoms in total. The van der Waals surface area contributed by atoms with Gasteiger partial charge in [-0.05, 0) is 13.0 Å². The normalized spacial score (nSPS) is 18.6. The number of halogens is 7. The van der Waals surface area contributed by atoms with E-state index in [2.05, 4.69) is 4.74 Å². The molecule has 8 heteroatoms. The van der Waals surface area contributed by atoms with E-state index in [4.69, 9.17) is 0 Å². The summed E-state index contributed by atoms with van der Waals surface area (Å²) in [7, 11) is 0. The molecular weight excluding hydrogens is 221 g/mol. The molecule has 0 aromatic heterocycles. The molecule has 0 aromatic rings. The molecule has 0 aliphatic heterocycles. The molecule has 14 heavy (non-hydrogen) atoms. The zero-order valence-electron chi connectivity index (χ0n) is 6.71. The molecule has 0 aliphatic rings. The van der Waals surface area contributed by atoms with Crippen molar-refractivity contribution in [2.24, 2.45) is 0 Å². The van der Waals surface area contributed by atoms with Crippen molar-refractivity contribution < 1.29 is 35.5 Å². The van der Waals surface area contributed by atoms with Gasteiger partial charge in [-0.2, -0.15) is 17.6 Å². The maximum atomic E-state index is 12.6. The molecular formula is C6H5F7O. The molecule has 0 fully saturated rings. The first-order chi connectivity index (χ1) is 6.02. The van der Waals surface area contributed by atoms with E-state index in [0.717, 1.165) is 6.92 Å². The monoisotopic (exact) mass is 226 g/mol. The van der Waals surface area contributed by atoms with Crippen molar-refractivity contribution in [2.75, 3.05) is 0 Å². The molecule has 0 aromatic carbocycles. The van der Waals surface area contributed by atoms with E-state index < -0.39 is 18.4 Å². The topological polar surface area (TPSA) is 9.23 Å². The van der Waals surface area contributed by atoms with Gasteiger partial charge in [-0.15, -0.1) is 13.2 Å². The quantitative estimate of drug-likeness (QED) is 0.518. The number of allylic oxidation sites excluding steroid dienone is 1. The Balaban J connectivity index is 4.93. The Labute approximate surface area is 74.1 Å². The van der Waals surface area contributed by atoms with Crippen molar-refractivity contribution in [3.8, 4) is 0 Å². The van der Waals surface area contributed by atoms with E-state index >= 15 is 0 Å². The first kappa shape index (κ1) is 13.2. The second kappa shape index (κ2) is 3.76. The minimum atomic E-state index is -5.78. The Bertz CT molecular complexity index is 215. The highest BCUT2D eigenvalue weighted by Crippen LogP contribution is 2.40. The Hall–Kier alpha value is -0.790. The van der Waals surface area contributed by atoms with Crippen LogP contribution in [0.4, 0.5) is 30.7 Å². The molecule has 0 spiro atoms. The molecule has 84 valence electrons. The van der Waals surface area contributed by atoms with E-state index in [1.165, 1.54) is 0 Å². The molecule has 0 aliphatic carbocycles. The van der Waals surface area contributed by atoms with Crippen LogP contribution < -0.4 is 0 Å². The number of rotatable bonds is 2. The largest absolute Gasteiger partial charge is 0.525 e. The number of ether oxygens (including phenoxy) is 1. The Morgan fingerprint density at radius 3 is 1.57 bits per heavy atom. The lowest BCUT2D eigenvalue weighted by molar-refractivity contribution is -0.432. The molecule has 0 saturated carbocycles. The van der Waals surface area contributed by atoms with Crippen LogP contribution in [-0.4, -0.2) is 18.4 Å². The van der Waals surface area contributed by atoms with Gasteiger partial charge in [0.1, 0.15) is 0 Å². The maximum absolute atomic E-state index is 12.6. The third kappa shape index (κ3) is 3.52. The molecule has 0 saturated heterocycles. The SMILES string of the molecule is C/C=C/[C@@](F)(OC(F)(F)F)C(F)(F)F. The highest BCUT2D eigenvalue weighted by atomic mass is 19.4. The minimum absolute atomic E-state index is 0.361. The maximum Gasteiger partial charge on any atom is 0.525 e. The zero-order chi connectivity index (χ0) is 11.6. The van der Waals surface area contributed by atoms with E-state index in [9.17, 15) is 30.7 Å². The fraction of sp³-hybridized carbons (Fsp3) is 0.667. The molecule has 0 unspecified atom stereocenters. The van der Waals surface area contributed by atoms with Crippen LogP contribution in [0.5, 0.6) is 0 Å². The van der Waals surface area contributed by atoms with Crippen molar-refractivity contribution in [1.29, 1.82) is 0 Å². The predicted molar refractivity (Wildman–Crippen MR) is 31.8 cm³/mol. The molecule has 0 heterocycles. The first-order valence-electron chi connectivity index (χ1n) is 3.18. The smallest absolute Gasteiger partial charge is 0.242 e. The number of alkyl halides is 7. The standard InChI is InChI=1S/C6H5F7O/c1-2-3-4(7,5(8,9)10)14-6(11,12)13/h2-3H,1H3/b3-2+/t4-/m1/s1. The fourth-order valence-electron chi connectivity index (χ4n) is 0.569. The Kier molecular flexibility index (Phi) is 3.54. The van der Waals surface area contributed by atoms with E-state index in [1.54, 1.807) is 0 Å². The number of hydrogen-bond acceptors (Lipinski definition) is 1. The van der Waals surface area contributed by atoms with Crippen LogP contribution in [0, 0.1) is 0 Å². The molecule has 0 radical (unpaired) electrons. The average Bonchev–Trinajstić information content (AvgIpc) is 1.79. The van der Waals surface area contributed by atoms with Gasteiger partial charge in [0.25, 0.3) is 0 Å². The lowest BCUT2D eigenvalue weighted by atomic mass is 10.3. The van der Waals surface area contributed by atoms with Crippen LogP contribution in [0.2, 0.25) is 0 Å². The van der Waals surface area contributed by atoms with Gasteiger partial charge in [0, 0.05) is 0 Å². The second-order valence-electron chi connectivity index (χ2n) is 2.19. The first-order valence-corrected chi connectivity index (χ1v) is 3.18. The summed E-state index contributed by atoms with van der Waals surface area (Å²) in [6.45, 7) is 0.930. The number of hydrogen-bond donors (Lipinski definition) is 0. The van der Waals surface area contributed by atoms with Crippen LogP contribution in [-0.2, 0) is 4.74 Å². The summed E-state index contributed by atoms with van der Waals surface area (Å²) >= 11 is 0. The van der Waals surface area contributed by atoms with Crippen LogP contribution in [0.1, 0.15) is 6.92 Å². The van der Waals surface area contributed by atoms with E-state index in [1.807, 2.05) is 0 Å². The van der Waals surface area contributed by atoms with Crippen molar-refractivity contribution in [2.45, 2.75) is 25.3 Å². The lowest BCUT2D eigenvalue weighted by Crippen LogP contribution is -2.45. The summed E-state index contributed by atoms with van der Waals surface area (Å²) in [5.41, 5.74) is 0. The summed E-state index contributed by atoms with van der Waals surface area (Å²) in [6, 6.07) is 0. The van der Waals surface area contributed by atoms with Gasteiger partial charge in [-0.25, -0.2) is 4.74 Å². The Morgan fingerprint density at radius 2 is 1.36 bits per heavy atom. The molecule has 0 bridgehead atoms. The van der Waals surface area contributed by atoms with Crippen molar-refractivity contribution in [1.82, 2.24) is 0 Å². The summed E-state index contributed by atoms with van der Waals surface area (Å²) in [5.74, 6) is -4.83. The van der Waals surface area contributed by atoms with Crippen molar-refractivity contribution in [3.63, 3.8) is 0 Å². The summed E-state index contributed by atoms with van der Waals surface area (Å²) in [4.78, 5) is 0. The summed E-state index contributed by atoms with van der Waals surface area (Å²) in [5, 5.41) is 0. The summed E-state index contributed by atoms with van der Waals surface area (Å²) in [6.07, 6.45) is -11.4. The van der Waals surface area contributed by atoms with Gasteiger partial charge in [0.2, 0.25) is 0 Å². The Morgan fingerprint density at radius 1 is 0.929 bits per heavy atom.